The van der Waals surface area contributed by atoms with Crippen LogP contribution >= 0.6 is 0 Å². The lowest BCUT2D eigenvalue weighted by molar-refractivity contribution is 0.488. The molecular formula is C11H12FN3. The van der Waals surface area contributed by atoms with Crippen molar-refractivity contribution in [3.8, 4) is 0 Å². The van der Waals surface area contributed by atoms with Gasteiger partial charge in [0.25, 0.3) is 0 Å². The molecule has 1 aliphatic rings. The third-order valence-electron chi connectivity index (χ3n) is 3.19. The van der Waals surface area contributed by atoms with Crippen molar-refractivity contribution >= 4 is 5.65 Å². The second-order valence-corrected chi connectivity index (χ2v) is 4.75. The van der Waals surface area contributed by atoms with Gasteiger partial charge in [0, 0.05) is 17.7 Å². The standard InChI is InChI=1S/C11H12FN3/c1-11(2)4-3-7-6-13-9-5-8(12)14-15(9)10(7)11/h5-6H,3-4H2,1-2H3. The van der Waals surface area contributed by atoms with Gasteiger partial charge in [-0.15, -0.1) is 5.10 Å². The summed E-state index contributed by atoms with van der Waals surface area (Å²) in [6.45, 7) is 4.33. The molecule has 2 heterocycles. The van der Waals surface area contributed by atoms with E-state index < -0.39 is 5.95 Å². The van der Waals surface area contributed by atoms with Crippen molar-refractivity contribution in [1.82, 2.24) is 14.6 Å². The molecular weight excluding hydrogens is 193 g/mol. The first-order valence-electron chi connectivity index (χ1n) is 5.11. The molecule has 0 amide bonds. The van der Waals surface area contributed by atoms with Gasteiger partial charge >= 0.3 is 0 Å². The summed E-state index contributed by atoms with van der Waals surface area (Å²) in [5, 5.41) is 3.87. The maximum absolute atomic E-state index is 13.1. The normalized spacial score (nSPS) is 18.3. The van der Waals surface area contributed by atoms with Crippen molar-refractivity contribution in [1.29, 1.82) is 0 Å². The Balaban J connectivity index is 2.42. The fourth-order valence-corrected chi connectivity index (χ4v) is 2.41. The van der Waals surface area contributed by atoms with E-state index in [0.29, 0.717) is 5.65 Å². The Bertz CT molecular complexity index is 542. The molecule has 0 aromatic carbocycles. The van der Waals surface area contributed by atoms with Gasteiger partial charge in [-0.2, -0.15) is 4.39 Å². The van der Waals surface area contributed by atoms with Crippen molar-refractivity contribution < 1.29 is 4.39 Å². The molecule has 0 fully saturated rings. The van der Waals surface area contributed by atoms with Gasteiger partial charge in [0.1, 0.15) is 0 Å². The summed E-state index contributed by atoms with van der Waals surface area (Å²) in [4.78, 5) is 4.20. The molecule has 0 spiro atoms. The van der Waals surface area contributed by atoms with Crippen LogP contribution in [-0.2, 0) is 11.8 Å². The summed E-state index contributed by atoms with van der Waals surface area (Å²) in [5.74, 6) is -0.460. The first kappa shape index (κ1) is 8.83. The molecule has 0 atom stereocenters. The molecule has 3 rings (SSSR count). The Labute approximate surface area is 86.9 Å². The molecule has 2 aromatic rings. The fourth-order valence-electron chi connectivity index (χ4n) is 2.41. The van der Waals surface area contributed by atoms with Gasteiger partial charge in [0.2, 0.25) is 5.95 Å². The summed E-state index contributed by atoms with van der Waals surface area (Å²) >= 11 is 0. The van der Waals surface area contributed by atoms with Crippen LogP contribution in [0.25, 0.3) is 5.65 Å². The highest BCUT2D eigenvalue weighted by Crippen LogP contribution is 2.37. The third kappa shape index (κ3) is 1.11. The zero-order chi connectivity index (χ0) is 10.6. The molecule has 2 aromatic heterocycles. The van der Waals surface area contributed by atoms with Crippen molar-refractivity contribution in [2.45, 2.75) is 32.1 Å². The lowest BCUT2D eigenvalue weighted by Gasteiger charge is -2.18. The SMILES string of the molecule is CC1(C)CCc2cnc3cc(F)nn3c21. The largest absolute Gasteiger partial charge is 0.237 e. The van der Waals surface area contributed by atoms with E-state index in [-0.39, 0.29) is 5.41 Å². The van der Waals surface area contributed by atoms with Gasteiger partial charge in [-0.1, -0.05) is 13.8 Å². The minimum Gasteiger partial charge on any atom is -0.237 e. The molecule has 0 radical (unpaired) electrons. The van der Waals surface area contributed by atoms with Crippen LogP contribution in [0, 0.1) is 5.95 Å². The molecule has 0 bridgehead atoms. The van der Waals surface area contributed by atoms with Crippen molar-refractivity contribution in [3.63, 3.8) is 0 Å². The molecule has 4 heteroatoms. The third-order valence-corrected chi connectivity index (χ3v) is 3.19. The first-order valence-corrected chi connectivity index (χ1v) is 5.11. The molecule has 15 heavy (non-hydrogen) atoms. The van der Waals surface area contributed by atoms with Crippen LogP contribution in [0.3, 0.4) is 0 Å². The van der Waals surface area contributed by atoms with Gasteiger partial charge in [0.05, 0.1) is 5.69 Å². The average Bonchev–Trinajstić information content (AvgIpc) is 2.65. The highest BCUT2D eigenvalue weighted by molar-refractivity contribution is 5.44. The predicted molar refractivity (Wildman–Crippen MR) is 54.3 cm³/mol. The number of fused-ring (bicyclic) bond motifs is 3. The van der Waals surface area contributed by atoms with Gasteiger partial charge in [-0.05, 0) is 18.4 Å². The van der Waals surface area contributed by atoms with Gasteiger partial charge < -0.3 is 0 Å². The number of hydrogen-bond acceptors (Lipinski definition) is 2. The van der Waals surface area contributed by atoms with Crippen LogP contribution < -0.4 is 0 Å². The van der Waals surface area contributed by atoms with E-state index in [4.69, 9.17) is 0 Å². The Hall–Kier alpha value is -1.45. The Kier molecular flexibility index (Phi) is 1.51. The van der Waals surface area contributed by atoms with Crippen LogP contribution in [0.5, 0.6) is 0 Å². The van der Waals surface area contributed by atoms with Gasteiger partial charge in [0.15, 0.2) is 5.65 Å². The lowest BCUT2D eigenvalue weighted by atomic mass is 9.91. The van der Waals surface area contributed by atoms with Crippen molar-refractivity contribution in [3.05, 3.63) is 29.5 Å². The molecule has 3 nitrogen and oxygen atoms in total. The maximum atomic E-state index is 13.1. The second-order valence-electron chi connectivity index (χ2n) is 4.75. The van der Waals surface area contributed by atoms with E-state index >= 15 is 0 Å². The molecule has 0 saturated heterocycles. The molecule has 1 aliphatic carbocycles. The van der Waals surface area contributed by atoms with Crippen LogP contribution in [0.15, 0.2) is 12.3 Å². The predicted octanol–water partition coefficient (Wildman–Crippen LogP) is 2.09. The van der Waals surface area contributed by atoms with Crippen LogP contribution in [0.1, 0.15) is 31.5 Å². The van der Waals surface area contributed by atoms with E-state index in [2.05, 4.69) is 23.9 Å². The number of nitrogens with zero attached hydrogens (tertiary/aromatic N) is 3. The minimum atomic E-state index is -0.460. The Morgan fingerprint density at radius 1 is 1.47 bits per heavy atom. The van der Waals surface area contributed by atoms with E-state index in [1.54, 1.807) is 4.52 Å². The highest BCUT2D eigenvalue weighted by atomic mass is 19.1. The van der Waals surface area contributed by atoms with Crippen LogP contribution in [-0.4, -0.2) is 14.6 Å². The van der Waals surface area contributed by atoms with Crippen LogP contribution in [0.4, 0.5) is 4.39 Å². The van der Waals surface area contributed by atoms with Crippen molar-refractivity contribution in [2.75, 3.05) is 0 Å². The molecule has 0 N–H and O–H groups in total. The van der Waals surface area contributed by atoms with Gasteiger partial charge in [-0.25, -0.2) is 9.50 Å². The minimum absolute atomic E-state index is 0.0645. The smallest absolute Gasteiger partial charge is 0.235 e. The quantitative estimate of drug-likeness (QED) is 0.659. The van der Waals surface area contributed by atoms with E-state index in [1.165, 1.54) is 11.6 Å². The van der Waals surface area contributed by atoms with E-state index in [1.807, 2.05) is 6.20 Å². The first-order chi connectivity index (χ1) is 7.08. The second kappa shape index (κ2) is 2.56. The molecule has 0 unspecified atom stereocenters. The highest BCUT2D eigenvalue weighted by Gasteiger charge is 2.33. The molecule has 0 saturated carbocycles. The number of halogens is 1. The average molecular weight is 205 g/mol. The Morgan fingerprint density at radius 3 is 3.07 bits per heavy atom. The summed E-state index contributed by atoms with van der Waals surface area (Å²) in [6.07, 6.45) is 3.93. The Morgan fingerprint density at radius 2 is 2.27 bits per heavy atom. The molecule has 78 valence electrons. The fraction of sp³-hybridized carbons (Fsp3) is 0.455. The topological polar surface area (TPSA) is 30.2 Å². The van der Waals surface area contributed by atoms with Crippen LogP contribution in [0.2, 0.25) is 0 Å². The monoisotopic (exact) mass is 205 g/mol. The number of aryl methyl sites for hydroxylation is 1. The zero-order valence-corrected chi connectivity index (χ0v) is 8.79. The van der Waals surface area contributed by atoms with E-state index in [9.17, 15) is 4.39 Å². The molecule has 0 aliphatic heterocycles. The van der Waals surface area contributed by atoms with Crippen molar-refractivity contribution in [2.24, 2.45) is 0 Å². The summed E-state index contributed by atoms with van der Waals surface area (Å²) in [5.41, 5.74) is 2.96. The summed E-state index contributed by atoms with van der Waals surface area (Å²) in [6, 6.07) is 1.37. The summed E-state index contributed by atoms with van der Waals surface area (Å²) in [7, 11) is 0. The van der Waals surface area contributed by atoms with Gasteiger partial charge in [-0.3, -0.25) is 0 Å². The number of aromatic nitrogens is 3. The zero-order valence-electron chi connectivity index (χ0n) is 8.79. The number of rotatable bonds is 0. The lowest BCUT2D eigenvalue weighted by Crippen LogP contribution is -2.17. The maximum Gasteiger partial charge on any atom is 0.235 e. The summed E-state index contributed by atoms with van der Waals surface area (Å²) < 4.78 is 14.7. The van der Waals surface area contributed by atoms with E-state index in [0.717, 1.165) is 18.5 Å². The number of hydrogen-bond donors (Lipinski definition) is 0.